The minimum Gasteiger partial charge on any atom is -0.337 e. The van der Waals surface area contributed by atoms with Crippen molar-refractivity contribution in [3.8, 4) is 0 Å². The second-order valence-electron chi connectivity index (χ2n) is 4.22. The van der Waals surface area contributed by atoms with Crippen molar-refractivity contribution < 1.29 is 12.9 Å². The van der Waals surface area contributed by atoms with Gasteiger partial charge in [-0.2, -0.15) is 8.75 Å². The molecule has 1 N–H and O–H groups in total. The minimum absolute atomic E-state index is 0.0669. The maximum Gasteiger partial charge on any atom is 0.266 e. The summed E-state index contributed by atoms with van der Waals surface area (Å²) in [6.45, 7) is 3.47. The van der Waals surface area contributed by atoms with Crippen LogP contribution in [-0.4, -0.2) is 22.3 Å². The standard InChI is InChI=1S/C11H10N4O3S2/c1-6-7(2)12-18-11(6)15-20(16,17)9-5-3-4-8-10(9)14-19-13-8/h3-5,15H,1-2H3. The molecule has 2 heterocycles. The van der Waals surface area contributed by atoms with Gasteiger partial charge in [0.05, 0.1) is 17.4 Å². The first-order valence-corrected chi connectivity index (χ1v) is 7.87. The highest BCUT2D eigenvalue weighted by molar-refractivity contribution is 7.93. The van der Waals surface area contributed by atoms with E-state index in [-0.39, 0.29) is 10.8 Å². The van der Waals surface area contributed by atoms with Crippen molar-refractivity contribution in [1.82, 2.24) is 13.9 Å². The van der Waals surface area contributed by atoms with Crippen LogP contribution in [-0.2, 0) is 10.0 Å². The summed E-state index contributed by atoms with van der Waals surface area (Å²) < 4.78 is 40.2. The highest BCUT2D eigenvalue weighted by atomic mass is 32.2. The van der Waals surface area contributed by atoms with E-state index in [0.29, 0.717) is 22.3 Å². The molecule has 0 aliphatic rings. The van der Waals surface area contributed by atoms with Crippen LogP contribution in [0.4, 0.5) is 5.88 Å². The van der Waals surface area contributed by atoms with E-state index in [0.717, 1.165) is 11.7 Å². The van der Waals surface area contributed by atoms with Crippen LogP contribution in [0.5, 0.6) is 0 Å². The number of aromatic nitrogens is 3. The van der Waals surface area contributed by atoms with E-state index >= 15 is 0 Å². The van der Waals surface area contributed by atoms with Crippen LogP contribution in [0.3, 0.4) is 0 Å². The zero-order valence-corrected chi connectivity index (χ0v) is 12.2. The second kappa shape index (κ2) is 4.53. The lowest BCUT2D eigenvalue weighted by molar-refractivity contribution is 0.430. The SMILES string of the molecule is Cc1noc(NS(=O)(=O)c2cccc3nsnc23)c1C. The third kappa shape index (κ3) is 2.04. The summed E-state index contributed by atoms with van der Waals surface area (Å²) in [6.07, 6.45) is 0. The number of rotatable bonds is 3. The van der Waals surface area contributed by atoms with Crippen molar-refractivity contribution in [3.05, 3.63) is 29.5 Å². The molecule has 0 bridgehead atoms. The molecule has 0 unspecified atom stereocenters. The Morgan fingerprint density at radius 2 is 2.05 bits per heavy atom. The van der Waals surface area contributed by atoms with E-state index < -0.39 is 10.0 Å². The summed E-state index contributed by atoms with van der Waals surface area (Å²) in [5.41, 5.74) is 2.18. The van der Waals surface area contributed by atoms with Crippen LogP contribution in [0.25, 0.3) is 11.0 Å². The largest absolute Gasteiger partial charge is 0.337 e. The van der Waals surface area contributed by atoms with Gasteiger partial charge >= 0.3 is 0 Å². The summed E-state index contributed by atoms with van der Waals surface area (Å²) in [6, 6.07) is 4.81. The van der Waals surface area contributed by atoms with Crippen LogP contribution in [0.15, 0.2) is 27.6 Å². The maximum absolute atomic E-state index is 12.4. The van der Waals surface area contributed by atoms with Crippen LogP contribution in [0.2, 0.25) is 0 Å². The molecular weight excluding hydrogens is 300 g/mol. The Bertz CT molecular complexity index is 882. The molecular formula is C11H10N4O3S2. The van der Waals surface area contributed by atoms with Gasteiger partial charge in [-0.05, 0) is 26.0 Å². The fraction of sp³-hybridized carbons (Fsp3) is 0.182. The molecule has 0 radical (unpaired) electrons. The summed E-state index contributed by atoms with van der Waals surface area (Å²) in [5, 5.41) is 3.72. The lowest BCUT2D eigenvalue weighted by atomic mass is 10.3. The quantitative estimate of drug-likeness (QED) is 0.795. The zero-order chi connectivity index (χ0) is 14.3. The first-order valence-electron chi connectivity index (χ1n) is 5.66. The Morgan fingerprint density at radius 3 is 2.75 bits per heavy atom. The number of aryl methyl sites for hydroxylation is 1. The van der Waals surface area contributed by atoms with E-state index in [1.54, 1.807) is 26.0 Å². The molecule has 1 aromatic carbocycles. The van der Waals surface area contributed by atoms with Crippen molar-refractivity contribution in [2.24, 2.45) is 0 Å². The molecule has 0 atom stereocenters. The van der Waals surface area contributed by atoms with Gasteiger partial charge in [0.25, 0.3) is 10.0 Å². The molecule has 3 aromatic rings. The van der Waals surface area contributed by atoms with Crippen molar-refractivity contribution in [3.63, 3.8) is 0 Å². The zero-order valence-electron chi connectivity index (χ0n) is 10.6. The highest BCUT2D eigenvalue weighted by Crippen LogP contribution is 2.25. The molecule has 0 aliphatic carbocycles. The molecule has 0 saturated carbocycles. The fourth-order valence-corrected chi connectivity index (χ4v) is 3.50. The first-order chi connectivity index (χ1) is 9.49. The Labute approximate surface area is 119 Å². The Balaban J connectivity index is 2.08. The molecule has 0 saturated heterocycles. The van der Waals surface area contributed by atoms with Crippen molar-refractivity contribution >= 4 is 38.7 Å². The van der Waals surface area contributed by atoms with Gasteiger partial charge < -0.3 is 4.52 Å². The Hall–Kier alpha value is -2.00. The van der Waals surface area contributed by atoms with Crippen molar-refractivity contribution in [1.29, 1.82) is 0 Å². The molecule has 2 aromatic heterocycles. The van der Waals surface area contributed by atoms with Gasteiger partial charge in [0, 0.05) is 5.56 Å². The Morgan fingerprint density at radius 1 is 1.25 bits per heavy atom. The third-order valence-corrected chi connectivity index (χ3v) is 4.83. The van der Waals surface area contributed by atoms with Crippen LogP contribution >= 0.6 is 11.7 Å². The molecule has 0 spiro atoms. The Kier molecular flexibility index (Phi) is 2.94. The minimum atomic E-state index is -3.80. The predicted octanol–water partition coefficient (Wildman–Crippen LogP) is 2.10. The normalized spacial score (nSPS) is 11.9. The van der Waals surface area contributed by atoms with E-state index in [1.165, 1.54) is 6.07 Å². The van der Waals surface area contributed by atoms with Crippen molar-refractivity contribution in [2.75, 3.05) is 4.72 Å². The van der Waals surface area contributed by atoms with E-state index in [2.05, 4.69) is 18.6 Å². The molecule has 0 aliphatic heterocycles. The molecule has 0 fully saturated rings. The number of hydrogen-bond donors (Lipinski definition) is 1. The lowest BCUT2D eigenvalue weighted by Crippen LogP contribution is -2.13. The van der Waals surface area contributed by atoms with Gasteiger partial charge in [-0.25, -0.2) is 13.1 Å². The average molecular weight is 310 g/mol. The predicted molar refractivity (Wildman–Crippen MR) is 74.2 cm³/mol. The maximum atomic E-state index is 12.4. The van der Waals surface area contributed by atoms with Gasteiger partial charge in [-0.1, -0.05) is 11.2 Å². The van der Waals surface area contributed by atoms with Crippen LogP contribution < -0.4 is 4.72 Å². The first kappa shape index (κ1) is 13.0. The second-order valence-corrected chi connectivity index (χ2v) is 6.39. The van der Waals surface area contributed by atoms with E-state index in [1.807, 2.05) is 0 Å². The number of benzene rings is 1. The van der Waals surface area contributed by atoms with Gasteiger partial charge in [-0.15, -0.1) is 0 Å². The molecule has 104 valence electrons. The molecule has 0 amide bonds. The van der Waals surface area contributed by atoms with Crippen molar-refractivity contribution in [2.45, 2.75) is 18.7 Å². The van der Waals surface area contributed by atoms with Gasteiger partial charge in [0.1, 0.15) is 15.9 Å². The van der Waals surface area contributed by atoms with Crippen LogP contribution in [0, 0.1) is 13.8 Å². The number of sulfonamides is 1. The average Bonchev–Trinajstić information content (AvgIpc) is 3.00. The number of hydrogen-bond acceptors (Lipinski definition) is 7. The van der Waals surface area contributed by atoms with E-state index in [4.69, 9.17) is 4.52 Å². The fourth-order valence-electron chi connectivity index (χ4n) is 1.69. The van der Waals surface area contributed by atoms with E-state index in [9.17, 15) is 8.42 Å². The number of fused-ring (bicyclic) bond motifs is 1. The summed E-state index contributed by atoms with van der Waals surface area (Å²) in [4.78, 5) is 0.0669. The van der Waals surface area contributed by atoms with Gasteiger partial charge in [-0.3, -0.25) is 0 Å². The molecule has 7 nitrogen and oxygen atoms in total. The molecule has 9 heteroatoms. The number of nitrogens with one attached hydrogen (secondary N) is 1. The highest BCUT2D eigenvalue weighted by Gasteiger charge is 2.22. The summed E-state index contributed by atoms with van der Waals surface area (Å²) >= 11 is 0.969. The number of nitrogens with zero attached hydrogens (tertiary/aromatic N) is 3. The van der Waals surface area contributed by atoms with Gasteiger partial charge in [0.15, 0.2) is 0 Å². The lowest BCUT2D eigenvalue weighted by Gasteiger charge is -2.05. The smallest absolute Gasteiger partial charge is 0.266 e. The monoisotopic (exact) mass is 310 g/mol. The number of anilines is 1. The topological polar surface area (TPSA) is 98.0 Å². The third-order valence-electron chi connectivity index (χ3n) is 2.92. The molecule has 20 heavy (non-hydrogen) atoms. The van der Waals surface area contributed by atoms with Crippen LogP contribution in [0.1, 0.15) is 11.3 Å². The van der Waals surface area contributed by atoms with Gasteiger partial charge in [0.2, 0.25) is 5.88 Å². The summed E-state index contributed by atoms with van der Waals surface area (Å²) in [5.74, 6) is 0.114. The molecule has 3 rings (SSSR count). The summed E-state index contributed by atoms with van der Waals surface area (Å²) in [7, 11) is -3.80.